The fourth-order valence-electron chi connectivity index (χ4n) is 3.65. The highest BCUT2D eigenvalue weighted by Gasteiger charge is 2.03. The monoisotopic (exact) mass is 407 g/mol. The average Bonchev–Trinajstić information content (AvgIpc) is 2.60. The summed E-state index contributed by atoms with van der Waals surface area (Å²) >= 11 is 0. The van der Waals surface area contributed by atoms with Crippen molar-refractivity contribution in [1.29, 1.82) is 0 Å². The van der Waals surface area contributed by atoms with E-state index in [2.05, 4.69) is 6.92 Å². The maximum absolute atomic E-state index is 8.89. The maximum atomic E-state index is 8.89. The summed E-state index contributed by atoms with van der Waals surface area (Å²) in [5.74, 6) is 0. The van der Waals surface area contributed by atoms with Gasteiger partial charge >= 0.3 is 0 Å². The van der Waals surface area contributed by atoms with Gasteiger partial charge in [0.25, 0.3) is 0 Å². The summed E-state index contributed by atoms with van der Waals surface area (Å²) in [6.07, 6.45) is 24.0. The number of hydrogen-bond donors (Lipinski definition) is 2. The van der Waals surface area contributed by atoms with Gasteiger partial charge in [-0.2, -0.15) is 0 Å². The Labute approximate surface area is 176 Å². The van der Waals surface area contributed by atoms with Gasteiger partial charge in [-0.05, 0) is 20.0 Å². The number of halogens is 1. The quantitative estimate of drug-likeness (QED) is 0.164. The molecule has 0 aliphatic carbocycles. The molecule has 0 aromatic heterocycles. The third kappa shape index (κ3) is 26.2. The fraction of sp³-hybridized carbons (Fsp3) is 1.00. The van der Waals surface area contributed by atoms with Crippen LogP contribution in [0.5, 0.6) is 0 Å². The van der Waals surface area contributed by atoms with Gasteiger partial charge in [-0.25, -0.2) is 0 Å². The molecule has 166 valence electrons. The topological polar surface area (TPSA) is 43.7 Å². The molecule has 0 unspecified atom stereocenters. The van der Waals surface area contributed by atoms with Crippen molar-refractivity contribution in [3.05, 3.63) is 0 Å². The first kappa shape index (κ1) is 29.4. The Kier molecular flexibility index (Phi) is 26.3. The zero-order valence-corrected chi connectivity index (χ0v) is 19.3. The highest BCUT2D eigenvalue weighted by molar-refractivity contribution is 5.85. The molecule has 0 rings (SSSR count). The molecule has 0 aliphatic rings. The Bertz CT molecular complexity index is 265. The molecule has 0 amide bonds. The van der Waals surface area contributed by atoms with Gasteiger partial charge in [-0.3, -0.25) is 0 Å². The van der Waals surface area contributed by atoms with E-state index < -0.39 is 6.29 Å². The van der Waals surface area contributed by atoms with Crippen molar-refractivity contribution >= 4 is 12.4 Å². The SMILES string of the molecule is CCCCCCCCCCCCCCCCCCCCN(C)CC(O)O.Cl. The number of rotatable bonds is 21. The van der Waals surface area contributed by atoms with Gasteiger partial charge in [0.15, 0.2) is 6.29 Å². The molecule has 0 spiro atoms. The Morgan fingerprint density at radius 2 is 0.852 bits per heavy atom. The fourth-order valence-corrected chi connectivity index (χ4v) is 3.65. The van der Waals surface area contributed by atoms with Crippen molar-refractivity contribution in [2.24, 2.45) is 0 Å². The third-order valence-corrected chi connectivity index (χ3v) is 5.37. The van der Waals surface area contributed by atoms with Gasteiger partial charge in [0, 0.05) is 6.54 Å². The Balaban J connectivity index is 0. The average molecular weight is 408 g/mol. The summed E-state index contributed by atoms with van der Waals surface area (Å²) in [5.41, 5.74) is 0. The molecule has 0 bridgehead atoms. The molecule has 0 saturated carbocycles. The predicted molar refractivity (Wildman–Crippen MR) is 122 cm³/mol. The molecule has 27 heavy (non-hydrogen) atoms. The molecule has 3 nitrogen and oxygen atoms in total. The summed E-state index contributed by atoms with van der Waals surface area (Å²) in [6.45, 7) is 3.62. The molecule has 0 aliphatic heterocycles. The Morgan fingerprint density at radius 3 is 1.15 bits per heavy atom. The van der Waals surface area contributed by atoms with E-state index in [9.17, 15) is 0 Å². The van der Waals surface area contributed by atoms with Crippen molar-refractivity contribution in [2.45, 2.75) is 129 Å². The van der Waals surface area contributed by atoms with Crippen LogP contribution >= 0.6 is 12.4 Å². The molecule has 0 fully saturated rings. The van der Waals surface area contributed by atoms with E-state index in [0.29, 0.717) is 6.54 Å². The van der Waals surface area contributed by atoms with Gasteiger partial charge in [0.2, 0.25) is 0 Å². The minimum Gasteiger partial charge on any atom is -0.367 e. The van der Waals surface area contributed by atoms with Gasteiger partial charge in [0.1, 0.15) is 0 Å². The van der Waals surface area contributed by atoms with Gasteiger partial charge in [-0.1, -0.05) is 116 Å². The molecular weight excluding hydrogens is 358 g/mol. The first-order valence-corrected chi connectivity index (χ1v) is 11.7. The van der Waals surface area contributed by atoms with Crippen LogP contribution in [0.1, 0.15) is 122 Å². The summed E-state index contributed by atoms with van der Waals surface area (Å²) in [5, 5.41) is 17.8. The van der Waals surface area contributed by atoms with E-state index in [1.165, 1.54) is 116 Å². The molecule has 4 heteroatoms. The van der Waals surface area contributed by atoms with Crippen LogP contribution in [0.2, 0.25) is 0 Å². The van der Waals surface area contributed by atoms with E-state index in [4.69, 9.17) is 10.2 Å². The number of likely N-dealkylation sites (N-methyl/N-ethyl adjacent to an activating group) is 1. The Hall–Kier alpha value is 0.170. The molecule has 0 radical (unpaired) electrons. The van der Waals surface area contributed by atoms with Crippen molar-refractivity contribution in [2.75, 3.05) is 20.1 Å². The second kappa shape index (κ2) is 24.2. The van der Waals surface area contributed by atoms with E-state index >= 15 is 0 Å². The summed E-state index contributed by atoms with van der Waals surface area (Å²) in [4.78, 5) is 2.00. The second-order valence-electron chi connectivity index (χ2n) is 8.25. The van der Waals surface area contributed by atoms with E-state index in [1.807, 2.05) is 11.9 Å². The largest absolute Gasteiger partial charge is 0.367 e. The first-order chi connectivity index (χ1) is 12.7. The maximum Gasteiger partial charge on any atom is 0.164 e. The van der Waals surface area contributed by atoms with Crippen LogP contribution < -0.4 is 0 Å². The van der Waals surface area contributed by atoms with Crippen molar-refractivity contribution < 1.29 is 10.2 Å². The zero-order chi connectivity index (χ0) is 19.3. The minimum absolute atomic E-state index is 0. The van der Waals surface area contributed by atoms with Crippen LogP contribution in [0, 0.1) is 0 Å². The number of hydrogen-bond acceptors (Lipinski definition) is 3. The Morgan fingerprint density at radius 1 is 0.556 bits per heavy atom. The van der Waals surface area contributed by atoms with Crippen LogP contribution in [0.4, 0.5) is 0 Å². The summed E-state index contributed by atoms with van der Waals surface area (Å²) in [7, 11) is 1.95. The van der Waals surface area contributed by atoms with E-state index in [0.717, 1.165) is 6.54 Å². The van der Waals surface area contributed by atoms with Gasteiger partial charge in [0.05, 0.1) is 0 Å². The number of aliphatic hydroxyl groups is 2. The lowest BCUT2D eigenvalue weighted by Gasteiger charge is -2.17. The lowest BCUT2D eigenvalue weighted by molar-refractivity contribution is -0.0573. The number of unbranched alkanes of at least 4 members (excludes halogenated alkanes) is 17. The molecule has 0 atom stereocenters. The molecule has 0 heterocycles. The third-order valence-electron chi connectivity index (χ3n) is 5.37. The van der Waals surface area contributed by atoms with Gasteiger partial charge < -0.3 is 15.1 Å². The summed E-state index contributed by atoms with van der Waals surface area (Å²) in [6, 6.07) is 0. The first-order valence-electron chi connectivity index (χ1n) is 11.7. The van der Waals surface area contributed by atoms with Crippen molar-refractivity contribution in [3.63, 3.8) is 0 Å². The van der Waals surface area contributed by atoms with E-state index in [1.54, 1.807) is 0 Å². The highest BCUT2D eigenvalue weighted by Crippen LogP contribution is 2.14. The van der Waals surface area contributed by atoms with Crippen molar-refractivity contribution in [1.82, 2.24) is 4.90 Å². The molecule has 0 saturated heterocycles. The molecule has 0 aromatic carbocycles. The number of nitrogens with zero attached hydrogens (tertiary/aromatic N) is 1. The van der Waals surface area contributed by atoms with Crippen LogP contribution in [0.25, 0.3) is 0 Å². The van der Waals surface area contributed by atoms with E-state index in [-0.39, 0.29) is 12.4 Å². The normalized spacial score (nSPS) is 11.3. The number of aliphatic hydroxyl groups excluding tert-OH is 1. The van der Waals surface area contributed by atoms with Crippen LogP contribution in [0.3, 0.4) is 0 Å². The molecule has 0 aromatic rings. The standard InChI is InChI=1S/C23H49NO2.ClH/c1-3-4-5-6-7-8-9-10-11-12-13-14-15-16-17-18-19-20-21-24(2)22-23(25)26;/h23,25-26H,3-22H2,1-2H3;1H. The van der Waals surface area contributed by atoms with Crippen LogP contribution in [-0.2, 0) is 0 Å². The van der Waals surface area contributed by atoms with Crippen LogP contribution in [0.15, 0.2) is 0 Å². The smallest absolute Gasteiger partial charge is 0.164 e. The zero-order valence-electron chi connectivity index (χ0n) is 18.5. The predicted octanol–water partition coefficient (Wildman–Crippen LogP) is 6.69. The highest BCUT2D eigenvalue weighted by atomic mass is 35.5. The lowest BCUT2D eigenvalue weighted by atomic mass is 10.0. The van der Waals surface area contributed by atoms with Gasteiger partial charge in [-0.15, -0.1) is 12.4 Å². The molecule has 2 N–H and O–H groups in total. The summed E-state index contributed by atoms with van der Waals surface area (Å²) < 4.78 is 0. The van der Waals surface area contributed by atoms with Crippen LogP contribution in [-0.4, -0.2) is 41.5 Å². The van der Waals surface area contributed by atoms with Crippen molar-refractivity contribution in [3.8, 4) is 0 Å². The molecular formula is C23H50ClNO2. The lowest BCUT2D eigenvalue weighted by Crippen LogP contribution is -2.29. The minimum atomic E-state index is -1.20. The second-order valence-corrected chi connectivity index (χ2v) is 8.25.